The number of carbonyl (C=O) groups is 1. The molecule has 17 heavy (non-hydrogen) atoms. The summed E-state index contributed by atoms with van der Waals surface area (Å²) in [6.45, 7) is 1.21. The van der Waals surface area contributed by atoms with Gasteiger partial charge in [-0.1, -0.05) is 30.3 Å². The Morgan fingerprint density at radius 1 is 1.35 bits per heavy atom. The molecule has 0 aromatic heterocycles. The average Bonchev–Trinajstić information content (AvgIpc) is 2.29. The lowest BCUT2D eigenvalue weighted by Gasteiger charge is -2.08. The van der Waals surface area contributed by atoms with Crippen LogP contribution in [0.1, 0.15) is 24.8 Å². The number of benzene rings is 1. The van der Waals surface area contributed by atoms with Crippen LogP contribution >= 0.6 is 0 Å². The molecule has 1 aromatic rings. The van der Waals surface area contributed by atoms with Crippen LogP contribution < -0.4 is 5.73 Å². The minimum absolute atomic E-state index is 0.0265. The summed E-state index contributed by atoms with van der Waals surface area (Å²) in [4.78, 5) is 10.4. The highest BCUT2D eigenvalue weighted by Crippen LogP contribution is 2.03. The first kappa shape index (κ1) is 13.7. The molecular weight excluding hydrogens is 218 g/mol. The minimum Gasteiger partial charge on any atom is -0.481 e. The zero-order valence-electron chi connectivity index (χ0n) is 9.84. The molecule has 0 aliphatic rings. The average molecular weight is 237 g/mol. The maximum Gasteiger partial charge on any atom is 0.304 e. The molecule has 3 N–H and O–H groups in total. The van der Waals surface area contributed by atoms with E-state index in [1.807, 2.05) is 30.3 Å². The van der Waals surface area contributed by atoms with Crippen molar-refractivity contribution < 1.29 is 14.6 Å². The summed E-state index contributed by atoms with van der Waals surface area (Å²) in [5.41, 5.74) is 6.77. The largest absolute Gasteiger partial charge is 0.481 e. The number of ether oxygens (including phenoxy) is 1. The Bertz CT molecular complexity index is 327. The third kappa shape index (κ3) is 6.71. The monoisotopic (exact) mass is 237 g/mol. The maximum absolute atomic E-state index is 10.4. The Labute approximate surface area is 101 Å². The van der Waals surface area contributed by atoms with Crippen LogP contribution in [0.15, 0.2) is 30.3 Å². The van der Waals surface area contributed by atoms with Crippen molar-refractivity contribution in [1.82, 2.24) is 0 Å². The SMILES string of the molecule is N[C@@H](CCCOCc1ccccc1)CC(=O)O. The van der Waals surface area contributed by atoms with E-state index in [9.17, 15) is 4.79 Å². The van der Waals surface area contributed by atoms with Gasteiger partial charge in [-0.05, 0) is 18.4 Å². The van der Waals surface area contributed by atoms with Gasteiger partial charge in [-0.2, -0.15) is 0 Å². The number of nitrogens with two attached hydrogens (primary N) is 1. The van der Waals surface area contributed by atoms with Gasteiger partial charge in [0.2, 0.25) is 0 Å². The molecule has 0 spiro atoms. The Hall–Kier alpha value is -1.39. The van der Waals surface area contributed by atoms with Crippen LogP contribution in [0.4, 0.5) is 0 Å². The zero-order chi connectivity index (χ0) is 12.5. The van der Waals surface area contributed by atoms with Gasteiger partial charge >= 0.3 is 5.97 Å². The van der Waals surface area contributed by atoms with E-state index in [-0.39, 0.29) is 12.5 Å². The molecule has 1 atom stereocenters. The summed E-state index contributed by atoms with van der Waals surface area (Å²) in [5.74, 6) is -0.845. The quantitative estimate of drug-likeness (QED) is 0.676. The second kappa shape index (κ2) is 7.81. The molecule has 1 aromatic carbocycles. The molecule has 0 aliphatic carbocycles. The van der Waals surface area contributed by atoms with Crippen molar-refractivity contribution in [2.24, 2.45) is 5.73 Å². The van der Waals surface area contributed by atoms with Crippen molar-refractivity contribution in [3.05, 3.63) is 35.9 Å². The number of hydrogen-bond donors (Lipinski definition) is 2. The van der Waals surface area contributed by atoms with Crippen LogP contribution in [0.5, 0.6) is 0 Å². The first-order valence-corrected chi connectivity index (χ1v) is 5.77. The van der Waals surface area contributed by atoms with Crippen LogP contribution in [0, 0.1) is 0 Å². The van der Waals surface area contributed by atoms with Crippen LogP contribution in [0.3, 0.4) is 0 Å². The van der Waals surface area contributed by atoms with E-state index >= 15 is 0 Å². The molecule has 4 heteroatoms. The lowest BCUT2D eigenvalue weighted by molar-refractivity contribution is -0.137. The number of rotatable bonds is 8. The molecule has 0 saturated heterocycles. The Morgan fingerprint density at radius 3 is 2.71 bits per heavy atom. The molecule has 0 saturated carbocycles. The summed E-state index contributed by atoms with van der Waals surface area (Å²) in [5, 5.41) is 8.52. The van der Waals surface area contributed by atoms with E-state index in [0.717, 1.165) is 12.0 Å². The van der Waals surface area contributed by atoms with E-state index in [0.29, 0.717) is 19.6 Å². The van der Waals surface area contributed by atoms with Crippen molar-refractivity contribution in [3.8, 4) is 0 Å². The highest BCUT2D eigenvalue weighted by molar-refractivity contribution is 5.67. The van der Waals surface area contributed by atoms with Gasteiger partial charge in [-0.15, -0.1) is 0 Å². The lowest BCUT2D eigenvalue weighted by Crippen LogP contribution is -2.23. The lowest BCUT2D eigenvalue weighted by atomic mass is 10.1. The molecule has 0 unspecified atom stereocenters. The predicted octanol–water partition coefficient (Wildman–Crippen LogP) is 1.79. The number of hydrogen-bond acceptors (Lipinski definition) is 3. The van der Waals surface area contributed by atoms with Gasteiger partial charge in [0.1, 0.15) is 0 Å². The summed E-state index contributed by atoms with van der Waals surface area (Å²) in [7, 11) is 0. The molecule has 94 valence electrons. The van der Waals surface area contributed by atoms with Crippen LogP contribution in [0.25, 0.3) is 0 Å². The molecule has 4 nitrogen and oxygen atoms in total. The van der Waals surface area contributed by atoms with E-state index < -0.39 is 5.97 Å². The summed E-state index contributed by atoms with van der Waals surface area (Å²) in [6, 6.07) is 9.66. The van der Waals surface area contributed by atoms with Crippen molar-refractivity contribution in [2.45, 2.75) is 31.9 Å². The van der Waals surface area contributed by atoms with Crippen molar-refractivity contribution in [3.63, 3.8) is 0 Å². The van der Waals surface area contributed by atoms with Gasteiger partial charge in [-0.25, -0.2) is 0 Å². The molecular formula is C13H19NO3. The number of carboxylic acid groups (broad SMARTS) is 1. The van der Waals surface area contributed by atoms with Gasteiger partial charge in [0.05, 0.1) is 13.0 Å². The van der Waals surface area contributed by atoms with Gasteiger partial charge in [0.25, 0.3) is 0 Å². The molecule has 0 radical (unpaired) electrons. The highest BCUT2D eigenvalue weighted by atomic mass is 16.5. The second-order valence-corrected chi connectivity index (χ2v) is 4.04. The fourth-order valence-electron chi connectivity index (χ4n) is 1.54. The highest BCUT2D eigenvalue weighted by Gasteiger charge is 2.07. The van der Waals surface area contributed by atoms with Gasteiger partial charge in [-0.3, -0.25) is 4.79 Å². The van der Waals surface area contributed by atoms with E-state index in [2.05, 4.69) is 0 Å². The van der Waals surface area contributed by atoms with Crippen molar-refractivity contribution >= 4 is 5.97 Å². The van der Waals surface area contributed by atoms with E-state index in [1.165, 1.54) is 0 Å². The van der Waals surface area contributed by atoms with Crippen molar-refractivity contribution in [2.75, 3.05) is 6.61 Å². The minimum atomic E-state index is -0.845. The molecule has 0 fully saturated rings. The fourth-order valence-corrected chi connectivity index (χ4v) is 1.54. The van der Waals surface area contributed by atoms with Crippen LogP contribution in [-0.4, -0.2) is 23.7 Å². The van der Waals surface area contributed by atoms with Gasteiger partial charge in [0.15, 0.2) is 0 Å². The third-order valence-corrected chi connectivity index (χ3v) is 2.41. The van der Waals surface area contributed by atoms with Crippen molar-refractivity contribution in [1.29, 1.82) is 0 Å². The zero-order valence-corrected chi connectivity index (χ0v) is 9.84. The van der Waals surface area contributed by atoms with Crippen LogP contribution in [-0.2, 0) is 16.1 Å². The Balaban J connectivity index is 2.03. The topological polar surface area (TPSA) is 72.5 Å². The maximum atomic E-state index is 10.4. The predicted molar refractivity (Wildman–Crippen MR) is 65.6 cm³/mol. The molecule has 0 aliphatic heterocycles. The molecule has 0 heterocycles. The van der Waals surface area contributed by atoms with Crippen LogP contribution in [0.2, 0.25) is 0 Å². The van der Waals surface area contributed by atoms with E-state index in [1.54, 1.807) is 0 Å². The summed E-state index contributed by atoms with van der Waals surface area (Å²) >= 11 is 0. The normalized spacial score (nSPS) is 12.3. The summed E-state index contributed by atoms with van der Waals surface area (Å²) < 4.78 is 5.47. The third-order valence-electron chi connectivity index (χ3n) is 2.41. The van der Waals surface area contributed by atoms with E-state index in [4.69, 9.17) is 15.6 Å². The molecule has 0 bridgehead atoms. The number of carboxylic acids is 1. The first-order chi connectivity index (χ1) is 8.18. The first-order valence-electron chi connectivity index (χ1n) is 5.77. The molecule has 0 amide bonds. The molecule has 1 rings (SSSR count). The second-order valence-electron chi connectivity index (χ2n) is 4.04. The standard InChI is InChI=1S/C13H19NO3/c14-12(9-13(15)16)7-4-8-17-10-11-5-2-1-3-6-11/h1-3,5-6,12H,4,7-10,14H2,(H,15,16)/t12-/m0/s1. The van der Waals surface area contributed by atoms with Gasteiger partial charge in [0, 0.05) is 12.6 Å². The Morgan fingerprint density at radius 2 is 2.06 bits per heavy atom. The Kier molecular flexibility index (Phi) is 6.29. The fraction of sp³-hybridized carbons (Fsp3) is 0.462. The summed E-state index contributed by atoms with van der Waals surface area (Å²) in [6.07, 6.45) is 1.50. The number of aliphatic carboxylic acids is 1. The van der Waals surface area contributed by atoms with Gasteiger partial charge < -0.3 is 15.6 Å². The smallest absolute Gasteiger partial charge is 0.304 e.